The van der Waals surface area contributed by atoms with E-state index in [1.165, 1.54) is 25.7 Å². The SMILES string of the molecule is CCc1cc(NCC2CCCCC2C)nc(C)n1. The first-order chi connectivity index (χ1) is 8.69. The van der Waals surface area contributed by atoms with Crippen LogP contribution < -0.4 is 5.32 Å². The molecule has 0 spiro atoms. The van der Waals surface area contributed by atoms with Gasteiger partial charge in [0.05, 0.1) is 0 Å². The van der Waals surface area contributed by atoms with E-state index in [-0.39, 0.29) is 0 Å². The van der Waals surface area contributed by atoms with Crippen LogP contribution in [0.3, 0.4) is 0 Å². The van der Waals surface area contributed by atoms with E-state index < -0.39 is 0 Å². The standard InChI is InChI=1S/C15H25N3/c1-4-14-9-15(18-12(3)17-14)16-10-13-8-6-5-7-11(13)2/h9,11,13H,4-8,10H2,1-3H3,(H,16,17,18). The van der Waals surface area contributed by atoms with E-state index in [4.69, 9.17) is 0 Å². The lowest BCUT2D eigenvalue weighted by molar-refractivity contribution is 0.268. The summed E-state index contributed by atoms with van der Waals surface area (Å²) in [5, 5.41) is 3.51. The van der Waals surface area contributed by atoms with Gasteiger partial charge in [-0.2, -0.15) is 0 Å². The molecule has 2 atom stereocenters. The number of hydrogen-bond donors (Lipinski definition) is 1. The minimum atomic E-state index is 0.805. The van der Waals surface area contributed by atoms with Gasteiger partial charge in [0.1, 0.15) is 11.6 Å². The molecule has 1 N–H and O–H groups in total. The summed E-state index contributed by atoms with van der Waals surface area (Å²) in [5.41, 5.74) is 1.13. The van der Waals surface area contributed by atoms with Gasteiger partial charge in [-0.3, -0.25) is 0 Å². The molecule has 1 aromatic rings. The molecule has 0 aliphatic heterocycles. The second-order valence-electron chi connectivity index (χ2n) is 5.55. The molecule has 1 aromatic heterocycles. The molecule has 2 rings (SSSR count). The maximum Gasteiger partial charge on any atom is 0.129 e. The van der Waals surface area contributed by atoms with Crippen molar-refractivity contribution in [1.29, 1.82) is 0 Å². The summed E-state index contributed by atoms with van der Waals surface area (Å²) in [4.78, 5) is 8.88. The minimum absolute atomic E-state index is 0.805. The Hall–Kier alpha value is -1.12. The molecule has 1 aliphatic carbocycles. The van der Waals surface area contributed by atoms with E-state index >= 15 is 0 Å². The first kappa shape index (κ1) is 13.3. The highest BCUT2D eigenvalue weighted by atomic mass is 15.0. The zero-order valence-corrected chi connectivity index (χ0v) is 11.9. The Morgan fingerprint density at radius 2 is 2.06 bits per heavy atom. The van der Waals surface area contributed by atoms with Crippen LogP contribution in [0.1, 0.15) is 51.0 Å². The zero-order chi connectivity index (χ0) is 13.0. The molecule has 1 fully saturated rings. The van der Waals surface area contributed by atoms with Gasteiger partial charge in [-0.1, -0.05) is 33.1 Å². The average molecular weight is 247 g/mol. The van der Waals surface area contributed by atoms with Gasteiger partial charge < -0.3 is 5.32 Å². The van der Waals surface area contributed by atoms with Crippen molar-refractivity contribution in [2.24, 2.45) is 11.8 Å². The number of nitrogens with one attached hydrogen (secondary N) is 1. The highest BCUT2D eigenvalue weighted by molar-refractivity contribution is 5.36. The monoisotopic (exact) mass is 247 g/mol. The summed E-state index contributed by atoms with van der Waals surface area (Å²) >= 11 is 0. The van der Waals surface area contributed by atoms with Crippen molar-refractivity contribution >= 4 is 5.82 Å². The molecule has 0 aromatic carbocycles. The average Bonchev–Trinajstić information content (AvgIpc) is 2.37. The summed E-state index contributed by atoms with van der Waals surface area (Å²) in [6, 6.07) is 2.08. The van der Waals surface area contributed by atoms with Gasteiger partial charge in [0.25, 0.3) is 0 Å². The Labute approximate surface area is 110 Å². The Bertz CT molecular complexity index is 389. The third kappa shape index (κ3) is 3.44. The molecule has 2 unspecified atom stereocenters. The van der Waals surface area contributed by atoms with Crippen LogP contribution in [0.4, 0.5) is 5.82 Å². The van der Waals surface area contributed by atoms with E-state index in [1.54, 1.807) is 0 Å². The molecule has 0 amide bonds. The molecular weight excluding hydrogens is 222 g/mol. The van der Waals surface area contributed by atoms with Gasteiger partial charge in [0.2, 0.25) is 0 Å². The first-order valence-corrected chi connectivity index (χ1v) is 7.27. The van der Waals surface area contributed by atoms with Gasteiger partial charge in [-0.05, 0) is 31.6 Å². The molecule has 0 radical (unpaired) electrons. The van der Waals surface area contributed by atoms with Gasteiger partial charge in [-0.25, -0.2) is 9.97 Å². The molecule has 0 bridgehead atoms. The zero-order valence-electron chi connectivity index (χ0n) is 11.9. The molecule has 0 saturated heterocycles. The molecule has 3 heteroatoms. The van der Waals surface area contributed by atoms with Crippen molar-refractivity contribution in [3.05, 3.63) is 17.6 Å². The fraction of sp³-hybridized carbons (Fsp3) is 0.733. The Morgan fingerprint density at radius 1 is 1.28 bits per heavy atom. The van der Waals surface area contributed by atoms with E-state index in [0.29, 0.717) is 0 Å². The van der Waals surface area contributed by atoms with Crippen LogP contribution in [0.25, 0.3) is 0 Å². The summed E-state index contributed by atoms with van der Waals surface area (Å²) in [6.07, 6.45) is 6.51. The van der Waals surface area contributed by atoms with Crippen LogP contribution in [-0.4, -0.2) is 16.5 Å². The lowest BCUT2D eigenvalue weighted by Gasteiger charge is -2.29. The molecule has 100 valence electrons. The van der Waals surface area contributed by atoms with E-state index in [9.17, 15) is 0 Å². The summed E-state index contributed by atoms with van der Waals surface area (Å²) in [6.45, 7) is 7.54. The van der Waals surface area contributed by atoms with Gasteiger partial charge in [0, 0.05) is 18.3 Å². The van der Waals surface area contributed by atoms with Crippen molar-refractivity contribution in [2.45, 2.75) is 52.9 Å². The van der Waals surface area contributed by atoms with Crippen LogP contribution in [0.5, 0.6) is 0 Å². The first-order valence-electron chi connectivity index (χ1n) is 7.27. The maximum atomic E-state index is 4.47. The molecule has 1 saturated carbocycles. The van der Waals surface area contributed by atoms with Gasteiger partial charge in [-0.15, -0.1) is 0 Å². The second kappa shape index (κ2) is 6.17. The van der Waals surface area contributed by atoms with E-state index in [1.807, 2.05) is 6.92 Å². The van der Waals surface area contributed by atoms with Crippen LogP contribution >= 0.6 is 0 Å². The van der Waals surface area contributed by atoms with Crippen molar-refractivity contribution in [1.82, 2.24) is 9.97 Å². The Kier molecular flexibility index (Phi) is 4.56. The van der Waals surface area contributed by atoms with Crippen molar-refractivity contribution < 1.29 is 0 Å². The molecule has 1 heterocycles. The third-order valence-corrected chi connectivity index (χ3v) is 4.09. The number of aromatic nitrogens is 2. The molecule has 18 heavy (non-hydrogen) atoms. The highest BCUT2D eigenvalue weighted by Crippen LogP contribution is 2.29. The minimum Gasteiger partial charge on any atom is -0.370 e. The van der Waals surface area contributed by atoms with Crippen molar-refractivity contribution in [3.63, 3.8) is 0 Å². The maximum absolute atomic E-state index is 4.47. The van der Waals surface area contributed by atoms with Gasteiger partial charge >= 0.3 is 0 Å². The normalized spacial score (nSPS) is 23.9. The predicted octanol–water partition coefficient (Wildman–Crippen LogP) is 3.59. The summed E-state index contributed by atoms with van der Waals surface area (Å²) in [7, 11) is 0. The third-order valence-electron chi connectivity index (χ3n) is 4.09. The lowest BCUT2D eigenvalue weighted by Crippen LogP contribution is -2.24. The number of nitrogens with zero attached hydrogens (tertiary/aromatic N) is 2. The quantitative estimate of drug-likeness (QED) is 0.883. The second-order valence-corrected chi connectivity index (χ2v) is 5.55. The number of aryl methyl sites for hydroxylation is 2. The van der Waals surface area contributed by atoms with Crippen LogP contribution in [0, 0.1) is 18.8 Å². The lowest BCUT2D eigenvalue weighted by atomic mass is 9.80. The highest BCUT2D eigenvalue weighted by Gasteiger charge is 2.20. The summed E-state index contributed by atoms with van der Waals surface area (Å²) in [5.74, 6) is 3.52. The van der Waals surface area contributed by atoms with Crippen LogP contribution in [0.15, 0.2) is 6.07 Å². The van der Waals surface area contributed by atoms with Crippen molar-refractivity contribution in [3.8, 4) is 0 Å². The topological polar surface area (TPSA) is 37.8 Å². The number of hydrogen-bond acceptors (Lipinski definition) is 3. The van der Waals surface area contributed by atoms with Crippen LogP contribution in [0.2, 0.25) is 0 Å². The Morgan fingerprint density at radius 3 is 2.78 bits per heavy atom. The van der Waals surface area contributed by atoms with Crippen LogP contribution in [-0.2, 0) is 6.42 Å². The Balaban J connectivity index is 1.94. The smallest absolute Gasteiger partial charge is 0.129 e. The number of anilines is 1. The van der Waals surface area contributed by atoms with Crippen molar-refractivity contribution in [2.75, 3.05) is 11.9 Å². The largest absolute Gasteiger partial charge is 0.370 e. The predicted molar refractivity (Wildman–Crippen MR) is 75.8 cm³/mol. The molecular formula is C15H25N3. The van der Waals surface area contributed by atoms with E-state index in [2.05, 4.69) is 35.2 Å². The number of rotatable bonds is 4. The van der Waals surface area contributed by atoms with Gasteiger partial charge in [0.15, 0.2) is 0 Å². The fourth-order valence-corrected chi connectivity index (χ4v) is 2.83. The summed E-state index contributed by atoms with van der Waals surface area (Å²) < 4.78 is 0. The molecule has 1 aliphatic rings. The van der Waals surface area contributed by atoms with E-state index in [0.717, 1.165) is 42.1 Å². The fourth-order valence-electron chi connectivity index (χ4n) is 2.83. The molecule has 3 nitrogen and oxygen atoms in total.